The fourth-order valence-electron chi connectivity index (χ4n) is 0.625. The third-order valence-corrected chi connectivity index (χ3v) is 1.42. The van der Waals surface area contributed by atoms with Gasteiger partial charge in [-0.15, -0.1) is 0 Å². The molecule has 3 heteroatoms. The predicted octanol–water partition coefficient (Wildman–Crippen LogP) is 1.31. The molecule has 0 aromatic rings. The zero-order valence-electron chi connectivity index (χ0n) is 7.79. The Labute approximate surface area is 78.1 Å². The summed E-state index contributed by atoms with van der Waals surface area (Å²) in [6, 6.07) is 1.97. The van der Waals surface area contributed by atoms with Crippen molar-refractivity contribution in [2.75, 3.05) is 7.05 Å². The van der Waals surface area contributed by atoms with Crippen LogP contribution >= 0.6 is 0 Å². The van der Waals surface area contributed by atoms with Gasteiger partial charge in [-0.2, -0.15) is 5.26 Å². The zero-order chi connectivity index (χ0) is 10.3. The molecule has 0 saturated heterocycles. The molecule has 0 aliphatic carbocycles. The maximum Gasteiger partial charge on any atom is 0.250 e. The monoisotopic (exact) mass is 176 g/mol. The summed E-state index contributed by atoms with van der Waals surface area (Å²) in [6.45, 7) is 5.29. The molecule has 0 fully saturated rings. The van der Waals surface area contributed by atoms with E-state index in [1.54, 1.807) is 19.1 Å². The first-order valence-electron chi connectivity index (χ1n) is 3.81. The van der Waals surface area contributed by atoms with Gasteiger partial charge in [0, 0.05) is 18.2 Å². The lowest BCUT2D eigenvalue weighted by molar-refractivity contribution is -0.116. The highest BCUT2D eigenvalue weighted by Gasteiger charge is 1.98. The second-order valence-electron chi connectivity index (χ2n) is 2.29. The Kier molecular flexibility index (Phi) is 4.97. The van der Waals surface area contributed by atoms with Crippen molar-refractivity contribution in [3.05, 3.63) is 36.0 Å². The highest BCUT2D eigenvalue weighted by Crippen LogP contribution is 1.99. The van der Waals surface area contributed by atoms with Crippen LogP contribution in [-0.4, -0.2) is 13.0 Å². The highest BCUT2D eigenvalue weighted by molar-refractivity contribution is 5.95. The maximum absolute atomic E-state index is 10.9. The third kappa shape index (κ3) is 3.92. The van der Waals surface area contributed by atoms with E-state index in [2.05, 4.69) is 11.9 Å². The molecule has 13 heavy (non-hydrogen) atoms. The summed E-state index contributed by atoms with van der Waals surface area (Å²) < 4.78 is 0. The van der Waals surface area contributed by atoms with Crippen molar-refractivity contribution >= 4 is 5.91 Å². The van der Waals surface area contributed by atoms with E-state index >= 15 is 0 Å². The van der Waals surface area contributed by atoms with Gasteiger partial charge in [0.05, 0.1) is 6.07 Å². The Morgan fingerprint density at radius 1 is 1.54 bits per heavy atom. The molecule has 0 radical (unpaired) electrons. The first-order valence-corrected chi connectivity index (χ1v) is 3.81. The SMILES string of the molecule is C=C(/C=C\C(C#N)=C/C)C(=O)NC. The van der Waals surface area contributed by atoms with Crippen LogP contribution in [0.2, 0.25) is 0 Å². The number of carbonyl (C=O) groups excluding carboxylic acids is 1. The quantitative estimate of drug-likeness (QED) is 0.400. The number of nitrogens with one attached hydrogen (secondary N) is 1. The Morgan fingerprint density at radius 2 is 2.15 bits per heavy atom. The minimum Gasteiger partial charge on any atom is -0.355 e. The highest BCUT2D eigenvalue weighted by atomic mass is 16.1. The Bertz CT molecular complexity index is 305. The molecule has 1 amide bonds. The molecule has 0 saturated carbocycles. The number of amides is 1. The Balaban J connectivity index is 4.38. The van der Waals surface area contributed by atoms with Gasteiger partial charge in [-0.1, -0.05) is 12.7 Å². The van der Waals surface area contributed by atoms with Crippen molar-refractivity contribution in [2.45, 2.75) is 6.92 Å². The molecule has 0 atom stereocenters. The fraction of sp³-hybridized carbons (Fsp3) is 0.200. The number of likely N-dealkylation sites (N-methyl/N-ethyl adjacent to an activating group) is 1. The summed E-state index contributed by atoms with van der Waals surface area (Å²) in [5.41, 5.74) is 0.835. The second-order valence-corrected chi connectivity index (χ2v) is 2.29. The number of carbonyl (C=O) groups is 1. The first kappa shape index (κ1) is 11.2. The van der Waals surface area contributed by atoms with Crippen molar-refractivity contribution in [3.8, 4) is 6.07 Å². The molecular formula is C10H12N2O. The second kappa shape index (κ2) is 5.78. The first-order chi connectivity index (χ1) is 6.15. The fourth-order valence-corrected chi connectivity index (χ4v) is 0.625. The molecular weight excluding hydrogens is 164 g/mol. The van der Waals surface area contributed by atoms with Gasteiger partial charge in [0.25, 0.3) is 0 Å². The molecule has 0 aliphatic rings. The van der Waals surface area contributed by atoms with Crippen LogP contribution in [0.25, 0.3) is 0 Å². The lowest BCUT2D eigenvalue weighted by atomic mass is 10.2. The molecule has 68 valence electrons. The van der Waals surface area contributed by atoms with Gasteiger partial charge in [0.1, 0.15) is 0 Å². The van der Waals surface area contributed by atoms with E-state index in [1.165, 1.54) is 13.1 Å². The smallest absolute Gasteiger partial charge is 0.250 e. The number of allylic oxidation sites excluding steroid dienone is 3. The van der Waals surface area contributed by atoms with Crippen molar-refractivity contribution < 1.29 is 4.79 Å². The van der Waals surface area contributed by atoms with Crippen molar-refractivity contribution in [1.29, 1.82) is 5.26 Å². The van der Waals surface area contributed by atoms with Crippen LogP contribution in [0.3, 0.4) is 0 Å². The van der Waals surface area contributed by atoms with E-state index < -0.39 is 0 Å². The maximum atomic E-state index is 10.9. The van der Waals surface area contributed by atoms with Gasteiger partial charge in [-0.25, -0.2) is 0 Å². The number of hydrogen-bond donors (Lipinski definition) is 1. The van der Waals surface area contributed by atoms with Gasteiger partial charge in [-0.3, -0.25) is 4.79 Å². The lowest BCUT2D eigenvalue weighted by Crippen LogP contribution is -2.18. The molecule has 0 unspecified atom stereocenters. The number of rotatable bonds is 3. The summed E-state index contributed by atoms with van der Waals surface area (Å²) >= 11 is 0. The largest absolute Gasteiger partial charge is 0.355 e. The number of hydrogen-bond acceptors (Lipinski definition) is 2. The summed E-state index contributed by atoms with van der Waals surface area (Å²) in [5, 5.41) is 11.0. The van der Waals surface area contributed by atoms with E-state index in [4.69, 9.17) is 5.26 Å². The third-order valence-electron chi connectivity index (χ3n) is 1.42. The molecule has 0 bridgehead atoms. The molecule has 0 aliphatic heterocycles. The van der Waals surface area contributed by atoms with Crippen LogP contribution in [-0.2, 0) is 4.79 Å². The van der Waals surface area contributed by atoms with E-state index in [9.17, 15) is 4.79 Å². The Hall–Kier alpha value is -1.82. The van der Waals surface area contributed by atoms with E-state index in [0.717, 1.165) is 0 Å². The minimum atomic E-state index is -0.246. The molecule has 0 aromatic carbocycles. The molecule has 0 spiro atoms. The normalized spacial score (nSPS) is 11.0. The van der Waals surface area contributed by atoms with E-state index in [0.29, 0.717) is 11.1 Å². The minimum absolute atomic E-state index is 0.246. The number of nitrogens with zero attached hydrogens (tertiary/aromatic N) is 1. The van der Waals surface area contributed by atoms with Crippen LogP contribution in [0.15, 0.2) is 36.0 Å². The average Bonchev–Trinajstić information content (AvgIpc) is 2.17. The average molecular weight is 176 g/mol. The Morgan fingerprint density at radius 3 is 2.54 bits per heavy atom. The van der Waals surface area contributed by atoms with Gasteiger partial charge in [0.2, 0.25) is 5.91 Å². The standard InChI is InChI=1S/C10H12N2O/c1-4-9(7-11)6-5-8(2)10(13)12-3/h4-6H,2H2,1,3H3,(H,12,13)/b6-5-,9-4+. The zero-order valence-corrected chi connectivity index (χ0v) is 7.79. The van der Waals surface area contributed by atoms with Gasteiger partial charge in [0.15, 0.2) is 0 Å². The van der Waals surface area contributed by atoms with Crippen molar-refractivity contribution in [3.63, 3.8) is 0 Å². The van der Waals surface area contributed by atoms with Gasteiger partial charge in [-0.05, 0) is 19.1 Å². The topological polar surface area (TPSA) is 52.9 Å². The lowest BCUT2D eigenvalue weighted by Gasteiger charge is -1.95. The van der Waals surface area contributed by atoms with E-state index in [-0.39, 0.29) is 5.91 Å². The number of nitriles is 1. The molecule has 3 nitrogen and oxygen atoms in total. The predicted molar refractivity (Wildman–Crippen MR) is 51.7 cm³/mol. The summed E-state index contributed by atoms with van der Waals surface area (Å²) in [7, 11) is 1.53. The van der Waals surface area contributed by atoms with Crippen LogP contribution < -0.4 is 5.32 Å². The van der Waals surface area contributed by atoms with Gasteiger partial charge >= 0.3 is 0 Å². The summed E-state index contributed by atoms with van der Waals surface area (Å²) in [4.78, 5) is 10.9. The molecule has 0 aromatic heterocycles. The van der Waals surface area contributed by atoms with Crippen LogP contribution in [0.1, 0.15) is 6.92 Å². The molecule has 0 heterocycles. The van der Waals surface area contributed by atoms with Gasteiger partial charge < -0.3 is 5.32 Å². The summed E-state index contributed by atoms with van der Waals surface area (Å²) in [5.74, 6) is -0.246. The molecule has 0 rings (SSSR count). The van der Waals surface area contributed by atoms with Crippen molar-refractivity contribution in [2.24, 2.45) is 0 Å². The van der Waals surface area contributed by atoms with Crippen molar-refractivity contribution in [1.82, 2.24) is 5.32 Å². The van der Waals surface area contributed by atoms with Crippen LogP contribution in [0.5, 0.6) is 0 Å². The van der Waals surface area contributed by atoms with E-state index in [1.807, 2.05) is 6.07 Å². The molecule has 1 N–H and O–H groups in total. The van der Waals surface area contributed by atoms with Crippen LogP contribution in [0, 0.1) is 11.3 Å². The summed E-state index contributed by atoms with van der Waals surface area (Å²) in [6.07, 6.45) is 4.72. The van der Waals surface area contributed by atoms with Crippen LogP contribution in [0.4, 0.5) is 0 Å².